The van der Waals surface area contributed by atoms with E-state index in [1.165, 1.54) is 0 Å². The number of hydrogen-bond donors (Lipinski definition) is 1. The van der Waals surface area contributed by atoms with Crippen molar-refractivity contribution in [2.75, 3.05) is 38.2 Å². The van der Waals surface area contributed by atoms with Gasteiger partial charge in [-0.1, -0.05) is 0 Å². The number of methoxy groups -OCH3 is 1. The number of aromatic nitrogens is 4. The predicted octanol–water partition coefficient (Wildman–Crippen LogP) is 0.883. The highest BCUT2D eigenvalue weighted by Crippen LogP contribution is 2.35. The normalized spacial score (nSPS) is 23.4. The standard InChI is InChI=1S/C19H29N7O/c1-24-4-3-21-19(24)12-25-5-7-26(8-6-25)18-11-16(14-9-15(20)10-14)22-17(23-18)13-27-2/h3-4,11,14-15H,5-10,12-13,20H2,1-2H3. The minimum atomic E-state index is 0.314. The van der Waals surface area contributed by atoms with Crippen molar-refractivity contribution in [3.8, 4) is 0 Å². The van der Waals surface area contributed by atoms with Crippen molar-refractivity contribution in [1.29, 1.82) is 0 Å². The second-order valence-electron chi connectivity index (χ2n) is 7.65. The van der Waals surface area contributed by atoms with Crippen LogP contribution in [0.3, 0.4) is 0 Å². The minimum absolute atomic E-state index is 0.314. The molecule has 2 N–H and O–H groups in total. The first-order valence-corrected chi connectivity index (χ1v) is 9.68. The van der Waals surface area contributed by atoms with E-state index in [2.05, 4.69) is 25.4 Å². The van der Waals surface area contributed by atoms with E-state index in [9.17, 15) is 0 Å². The summed E-state index contributed by atoms with van der Waals surface area (Å²) in [6.45, 7) is 5.25. The number of ether oxygens (including phenoxy) is 1. The van der Waals surface area contributed by atoms with Gasteiger partial charge in [-0.25, -0.2) is 15.0 Å². The zero-order valence-electron chi connectivity index (χ0n) is 16.2. The number of piperazine rings is 1. The summed E-state index contributed by atoms with van der Waals surface area (Å²) in [5.74, 6) is 3.35. The van der Waals surface area contributed by atoms with E-state index in [4.69, 9.17) is 20.4 Å². The summed E-state index contributed by atoms with van der Waals surface area (Å²) >= 11 is 0. The molecule has 0 bridgehead atoms. The molecule has 0 amide bonds. The van der Waals surface area contributed by atoms with Crippen molar-refractivity contribution in [2.24, 2.45) is 12.8 Å². The van der Waals surface area contributed by atoms with E-state index in [0.29, 0.717) is 18.6 Å². The van der Waals surface area contributed by atoms with Gasteiger partial charge in [0.1, 0.15) is 18.2 Å². The summed E-state index contributed by atoms with van der Waals surface area (Å²) in [6, 6.07) is 2.47. The molecule has 0 atom stereocenters. The highest BCUT2D eigenvalue weighted by atomic mass is 16.5. The summed E-state index contributed by atoms with van der Waals surface area (Å²) in [4.78, 5) is 18.7. The molecule has 8 heteroatoms. The molecule has 0 unspecified atom stereocenters. The number of anilines is 1. The third kappa shape index (κ3) is 4.12. The lowest BCUT2D eigenvalue weighted by Gasteiger charge is -2.36. The Kier molecular flexibility index (Phi) is 5.38. The Hall–Kier alpha value is -2.03. The SMILES string of the molecule is COCc1nc(C2CC(N)C2)cc(N2CCN(Cc3nccn3C)CC2)n1. The van der Waals surface area contributed by atoms with Crippen LogP contribution in [-0.4, -0.2) is 63.7 Å². The zero-order chi connectivity index (χ0) is 18.8. The third-order valence-electron chi connectivity index (χ3n) is 5.63. The van der Waals surface area contributed by atoms with Gasteiger partial charge >= 0.3 is 0 Å². The maximum atomic E-state index is 5.97. The van der Waals surface area contributed by atoms with Gasteiger partial charge in [0.25, 0.3) is 0 Å². The van der Waals surface area contributed by atoms with E-state index in [0.717, 1.165) is 68.7 Å². The van der Waals surface area contributed by atoms with Crippen molar-refractivity contribution in [2.45, 2.75) is 38.0 Å². The summed E-state index contributed by atoms with van der Waals surface area (Å²) < 4.78 is 7.37. The Morgan fingerprint density at radius 2 is 1.96 bits per heavy atom. The lowest BCUT2D eigenvalue weighted by molar-refractivity contribution is 0.177. The molecular formula is C19H29N7O. The van der Waals surface area contributed by atoms with E-state index in [1.807, 2.05) is 19.4 Å². The summed E-state index contributed by atoms with van der Waals surface area (Å²) in [7, 11) is 3.73. The predicted molar refractivity (Wildman–Crippen MR) is 103 cm³/mol. The van der Waals surface area contributed by atoms with E-state index in [1.54, 1.807) is 7.11 Å². The minimum Gasteiger partial charge on any atom is -0.377 e. The van der Waals surface area contributed by atoms with Gasteiger partial charge < -0.3 is 19.9 Å². The molecular weight excluding hydrogens is 342 g/mol. The number of nitrogens with two attached hydrogens (primary N) is 1. The second kappa shape index (κ2) is 7.92. The maximum absolute atomic E-state index is 5.97. The molecule has 146 valence electrons. The summed E-state index contributed by atoms with van der Waals surface area (Å²) in [6.07, 6.45) is 5.88. The van der Waals surface area contributed by atoms with Crippen molar-refractivity contribution >= 4 is 5.82 Å². The van der Waals surface area contributed by atoms with Crippen molar-refractivity contribution < 1.29 is 4.74 Å². The Bertz CT molecular complexity index is 763. The molecule has 27 heavy (non-hydrogen) atoms. The molecule has 0 spiro atoms. The van der Waals surface area contributed by atoms with Gasteiger partial charge in [0.05, 0.1) is 6.54 Å². The fourth-order valence-corrected chi connectivity index (χ4v) is 3.86. The molecule has 2 fully saturated rings. The Balaban J connectivity index is 1.43. The van der Waals surface area contributed by atoms with Gasteiger partial charge in [-0.2, -0.15) is 0 Å². The van der Waals surface area contributed by atoms with Crippen LogP contribution in [0.15, 0.2) is 18.5 Å². The van der Waals surface area contributed by atoms with Gasteiger partial charge in [0.2, 0.25) is 0 Å². The van der Waals surface area contributed by atoms with Crippen molar-refractivity contribution in [3.05, 3.63) is 35.8 Å². The Morgan fingerprint density at radius 3 is 2.59 bits per heavy atom. The lowest BCUT2D eigenvalue weighted by Crippen LogP contribution is -2.46. The molecule has 2 aromatic rings. The van der Waals surface area contributed by atoms with Crippen LogP contribution in [-0.2, 0) is 24.9 Å². The second-order valence-corrected chi connectivity index (χ2v) is 7.65. The van der Waals surface area contributed by atoms with Crippen LogP contribution < -0.4 is 10.6 Å². The molecule has 1 aliphatic carbocycles. The third-order valence-corrected chi connectivity index (χ3v) is 5.63. The van der Waals surface area contributed by atoms with Crippen LogP contribution in [0.4, 0.5) is 5.82 Å². The van der Waals surface area contributed by atoms with Crippen molar-refractivity contribution in [1.82, 2.24) is 24.4 Å². The number of imidazole rings is 1. The van der Waals surface area contributed by atoms with Crippen LogP contribution in [0.1, 0.15) is 36.1 Å². The average molecular weight is 371 g/mol. The van der Waals surface area contributed by atoms with Gasteiger partial charge in [-0.05, 0) is 12.8 Å². The van der Waals surface area contributed by atoms with Crippen LogP contribution in [0.25, 0.3) is 0 Å². The van der Waals surface area contributed by atoms with Gasteiger partial charge in [0.15, 0.2) is 5.82 Å². The largest absolute Gasteiger partial charge is 0.377 e. The molecule has 4 rings (SSSR count). The summed E-state index contributed by atoms with van der Waals surface area (Å²) in [5, 5.41) is 0. The first-order chi connectivity index (χ1) is 13.1. The molecule has 0 radical (unpaired) electrons. The first-order valence-electron chi connectivity index (χ1n) is 9.68. The zero-order valence-corrected chi connectivity index (χ0v) is 16.2. The Labute approximate surface area is 160 Å². The smallest absolute Gasteiger partial charge is 0.156 e. The summed E-state index contributed by atoms with van der Waals surface area (Å²) in [5.41, 5.74) is 7.09. The highest BCUT2D eigenvalue weighted by Gasteiger charge is 2.30. The molecule has 3 heterocycles. The monoisotopic (exact) mass is 371 g/mol. The number of nitrogens with zero attached hydrogens (tertiary/aromatic N) is 6. The topological polar surface area (TPSA) is 85.3 Å². The maximum Gasteiger partial charge on any atom is 0.156 e. The fraction of sp³-hybridized carbons (Fsp3) is 0.632. The Morgan fingerprint density at radius 1 is 1.19 bits per heavy atom. The number of aryl methyl sites for hydroxylation is 1. The number of rotatable bonds is 6. The number of hydrogen-bond acceptors (Lipinski definition) is 7. The van der Waals surface area contributed by atoms with E-state index < -0.39 is 0 Å². The molecule has 1 saturated carbocycles. The molecule has 2 aromatic heterocycles. The van der Waals surface area contributed by atoms with E-state index >= 15 is 0 Å². The van der Waals surface area contributed by atoms with Crippen LogP contribution in [0, 0.1) is 0 Å². The molecule has 1 aliphatic heterocycles. The molecule has 1 saturated heterocycles. The molecule has 0 aromatic carbocycles. The molecule has 2 aliphatic rings. The van der Waals surface area contributed by atoms with Crippen molar-refractivity contribution in [3.63, 3.8) is 0 Å². The van der Waals surface area contributed by atoms with E-state index in [-0.39, 0.29) is 0 Å². The van der Waals surface area contributed by atoms with Crippen LogP contribution in [0.2, 0.25) is 0 Å². The fourth-order valence-electron chi connectivity index (χ4n) is 3.86. The van der Waals surface area contributed by atoms with Gasteiger partial charge in [-0.3, -0.25) is 4.90 Å². The first kappa shape index (κ1) is 18.3. The highest BCUT2D eigenvalue weighted by molar-refractivity contribution is 5.42. The molecule has 8 nitrogen and oxygen atoms in total. The van der Waals surface area contributed by atoms with Gasteiger partial charge in [-0.15, -0.1) is 0 Å². The average Bonchev–Trinajstić information content (AvgIpc) is 3.04. The van der Waals surface area contributed by atoms with Crippen LogP contribution >= 0.6 is 0 Å². The van der Waals surface area contributed by atoms with Crippen LogP contribution in [0.5, 0.6) is 0 Å². The van der Waals surface area contributed by atoms with Gasteiger partial charge in [0, 0.05) is 76.5 Å². The lowest BCUT2D eigenvalue weighted by atomic mass is 9.78. The quantitative estimate of drug-likeness (QED) is 0.807.